The molecule has 2 aromatic carbocycles. The number of amides is 1. The van der Waals surface area contributed by atoms with Crippen LogP contribution in [0.2, 0.25) is 0 Å². The number of hydrogen-bond acceptors (Lipinski definition) is 5. The van der Waals surface area contributed by atoms with Crippen LogP contribution in [0.5, 0.6) is 11.5 Å². The van der Waals surface area contributed by atoms with E-state index in [4.69, 9.17) is 9.47 Å². The lowest BCUT2D eigenvalue weighted by atomic mass is 10.1. The van der Waals surface area contributed by atoms with Gasteiger partial charge in [-0.3, -0.25) is 4.79 Å². The van der Waals surface area contributed by atoms with Gasteiger partial charge < -0.3 is 14.4 Å². The number of anilines is 1. The molecule has 28 heavy (non-hydrogen) atoms. The lowest BCUT2D eigenvalue weighted by Crippen LogP contribution is -2.39. The highest BCUT2D eigenvalue weighted by Crippen LogP contribution is 2.36. The van der Waals surface area contributed by atoms with Crippen molar-refractivity contribution in [2.75, 3.05) is 24.7 Å². The summed E-state index contributed by atoms with van der Waals surface area (Å²) in [5.74, 6) is 1.61. The summed E-state index contributed by atoms with van der Waals surface area (Å²) in [6.45, 7) is 3.42. The lowest BCUT2D eigenvalue weighted by molar-refractivity contribution is -0.121. The third-order valence-corrected chi connectivity index (χ3v) is 5.28. The zero-order valence-corrected chi connectivity index (χ0v) is 16.6. The van der Waals surface area contributed by atoms with Gasteiger partial charge in [-0.1, -0.05) is 17.7 Å². The minimum atomic E-state index is -0.0117. The molecule has 0 aliphatic carbocycles. The van der Waals surface area contributed by atoms with Gasteiger partial charge in [-0.15, -0.1) is 11.3 Å². The first-order valence-corrected chi connectivity index (χ1v) is 10.3. The Balaban J connectivity index is 1.37. The molecule has 0 fully saturated rings. The van der Waals surface area contributed by atoms with Crippen molar-refractivity contribution >= 4 is 22.9 Å². The Morgan fingerprint density at radius 1 is 1.18 bits per heavy atom. The molecule has 0 bridgehead atoms. The highest BCUT2D eigenvalue weighted by molar-refractivity contribution is 7.07. The molecule has 0 unspecified atom stereocenters. The van der Waals surface area contributed by atoms with E-state index in [9.17, 15) is 4.79 Å². The fourth-order valence-corrected chi connectivity index (χ4v) is 3.72. The second-order valence-electron chi connectivity index (χ2n) is 6.76. The topological polar surface area (TPSA) is 51.7 Å². The molecule has 1 aliphatic rings. The van der Waals surface area contributed by atoms with Gasteiger partial charge in [-0.05, 0) is 50.1 Å². The summed E-state index contributed by atoms with van der Waals surface area (Å²) in [5, 5.41) is 2.00. The van der Waals surface area contributed by atoms with E-state index in [1.165, 1.54) is 5.56 Å². The number of unbranched alkanes of at least 4 members (excludes halogenated alkanes) is 1. The van der Waals surface area contributed by atoms with Gasteiger partial charge in [0.15, 0.2) is 6.61 Å². The second kappa shape index (κ2) is 8.44. The highest BCUT2D eigenvalue weighted by Gasteiger charge is 2.25. The van der Waals surface area contributed by atoms with Gasteiger partial charge in [-0.25, -0.2) is 4.98 Å². The van der Waals surface area contributed by atoms with Crippen LogP contribution in [0.3, 0.4) is 0 Å². The monoisotopic (exact) mass is 394 g/mol. The van der Waals surface area contributed by atoms with E-state index in [2.05, 4.69) is 11.9 Å². The van der Waals surface area contributed by atoms with Crippen molar-refractivity contribution in [1.29, 1.82) is 0 Å². The van der Waals surface area contributed by atoms with Crippen molar-refractivity contribution in [3.05, 3.63) is 58.9 Å². The van der Waals surface area contributed by atoms with Crippen molar-refractivity contribution < 1.29 is 14.3 Å². The van der Waals surface area contributed by atoms with Crippen LogP contribution in [-0.4, -0.2) is 30.6 Å². The Hall–Kier alpha value is -2.86. The van der Waals surface area contributed by atoms with Gasteiger partial charge in [0.1, 0.15) is 11.5 Å². The fraction of sp³-hybridized carbons (Fsp3) is 0.273. The first-order chi connectivity index (χ1) is 13.7. The average molecular weight is 394 g/mol. The van der Waals surface area contributed by atoms with E-state index in [1.807, 2.05) is 58.3 Å². The summed E-state index contributed by atoms with van der Waals surface area (Å²) in [7, 11) is 0. The number of aromatic nitrogens is 1. The molecule has 144 valence electrons. The number of fused-ring (bicyclic) bond motifs is 1. The van der Waals surface area contributed by atoms with Gasteiger partial charge in [0, 0.05) is 17.5 Å². The van der Waals surface area contributed by atoms with Crippen molar-refractivity contribution in [2.45, 2.75) is 19.8 Å². The minimum absolute atomic E-state index is 0.0117. The number of carbonyl (C=O) groups excluding carboxylic acids is 1. The van der Waals surface area contributed by atoms with Crippen LogP contribution in [0.25, 0.3) is 11.3 Å². The van der Waals surface area contributed by atoms with Crippen molar-refractivity contribution in [3.63, 3.8) is 0 Å². The SMILES string of the molecule is Cc1ccc(OCCCCN2C(=O)COc3ccc(-c4cscn4)cc32)cc1. The normalized spacial score (nSPS) is 13.2. The van der Waals surface area contributed by atoms with E-state index in [0.717, 1.165) is 41.3 Å². The quantitative estimate of drug-likeness (QED) is 0.545. The molecule has 2 heterocycles. The molecular weight excluding hydrogens is 372 g/mol. The fourth-order valence-electron chi connectivity index (χ4n) is 3.16. The Morgan fingerprint density at radius 3 is 2.82 bits per heavy atom. The standard InChI is InChI=1S/C22H22N2O3S/c1-16-4-7-18(8-5-16)26-11-3-2-10-24-20-12-17(19-14-28-15-23-19)6-9-21(20)27-13-22(24)25/h4-9,12,14-15H,2-3,10-11,13H2,1H3. The Labute approximate surface area is 168 Å². The number of benzene rings is 2. The molecule has 1 aromatic heterocycles. The van der Waals surface area contributed by atoms with Gasteiger partial charge in [-0.2, -0.15) is 0 Å². The van der Waals surface area contributed by atoms with Gasteiger partial charge >= 0.3 is 0 Å². The summed E-state index contributed by atoms with van der Waals surface area (Å²) in [6.07, 6.45) is 1.73. The maximum atomic E-state index is 12.4. The molecule has 0 radical (unpaired) electrons. The molecule has 0 spiro atoms. The number of aryl methyl sites for hydroxylation is 1. The number of rotatable bonds is 7. The molecular formula is C22H22N2O3S. The molecule has 1 amide bonds. The average Bonchev–Trinajstić information content (AvgIpc) is 3.25. The van der Waals surface area contributed by atoms with Crippen molar-refractivity contribution in [2.24, 2.45) is 0 Å². The summed E-state index contributed by atoms with van der Waals surface area (Å²) < 4.78 is 11.4. The maximum absolute atomic E-state index is 12.4. The third-order valence-electron chi connectivity index (χ3n) is 4.70. The molecule has 0 saturated carbocycles. The molecule has 5 nitrogen and oxygen atoms in total. The molecule has 3 aromatic rings. The Morgan fingerprint density at radius 2 is 2.04 bits per heavy atom. The first kappa shape index (κ1) is 18.5. The number of nitrogens with zero attached hydrogens (tertiary/aromatic N) is 2. The third kappa shape index (κ3) is 4.17. The van der Waals surface area contributed by atoms with Crippen molar-refractivity contribution in [3.8, 4) is 22.8 Å². The molecule has 0 saturated heterocycles. The molecule has 6 heteroatoms. The number of thiazole rings is 1. The first-order valence-electron chi connectivity index (χ1n) is 9.36. The summed E-state index contributed by atoms with van der Waals surface area (Å²) in [4.78, 5) is 18.6. The largest absolute Gasteiger partial charge is 0.494 e. The van der Waals surface area contributed by atoms with Gasteiger partial charge in [0.2, 0.25) is 0 Å². The van der Waals surface area contributed by atoms with Crippen LogP contribution in [-0.2, 0) is 4.79 Å². The highest BCUT2D eigenvalue weighted by atomic mass is 32.1. The van der Waals surface area contributed by atoms with Crippen LogP contribution in [0, 0.1) is 6.92 Å². The van der Waals surface area contributed by atoms with E-state index in [0.29, 0.717) is 13.2 Å². The lowest BCUT2D eigenvalue weighted by Gasteiger charge is -2.29. The maximum Gasteiger partial charge on any atom is 0.265 e. The van der Waals surface area contributed by atoms with E-state index < -0.39 is 0 Å². The van der Waals surface area contributed by atoms with E-state index in [1.54, 1.807) is 11.3 Å². The minimum Gasteiger partial charge on any atom is -0.494 e. The molecule has 4 rings (SSSR count). The van der Waals surface area contributed by atoms with Crippen LogP contribution < -0.4 is 14.4 Å². The smallest absolute Gasteiger partial charge is 0.265 e. The predicted molar refractivity (Wildman–Crippen MR) is 111 cm³/mol. The van der Waals surface area contributed by atoms with Crippen LogP contribution in [0.15, 0.2) is 53.4 Å². The summed E-state index contributed by atoms with van der Waals surface area (Å²) in [5.41, 5.74) is 5.75. The molecule has 0 atom stereocenters. The Kier molecular flexibility index (Phi) is 5.58. The molecule has 0 N–H and O–H groups in total. The zero-order valence-electron chi connectivity index (χ0n) is 15.8. The predicted octanol–water partition coefficient (Wildman–Crippen LogP) is 4.70. The van der Waals surface area contributed by atoms with Gasteiger partial charge in [0.05, 0.1) is 23.5 Å². The zero-order chi connectivity index (χ0) is 19.3. The van der Waals surface area contributed by atoms with Crippen LogP contribution in [0.4, 0.5) is 5.69 Å². The van der Waals surface area contributed by atoms with E-state index >= 15 is 0 Å². The Bertz CT molecular complexity index is 939. The molecule has 1 aliphatic heterocycles. The second-order valence-corrected chi connectivity index (χ2v) is 7.48. The number of ether oxygens (including phenoxy) is 2. The van der Waals surface area contributed by atoms with Crippen LogP contribution >= 0.6 is 11.3 Å². The van der Waals surface area contributed by atoms with Crippen LogP contribution in [0.1, 0.15) is 18.4 Å². The summed E-state index contributed by atoms with van der Waals surface area (Å²) in [6, 6.07) is 13.9. The van der Waals surface area contributed by atoms with Gasteiger partial charge in [0.25, 0.3) is 5.91 Å². The van der Waals surface area contributed by atoms with Crippen molar-refractivity contribution in [1.82, 2.24) is 4.98 Å². The summed E-state index contributed by atoms with van der Waals surface area (Å²) >= 11 is 1.55. The van der Waals surface area contributed by atoms with E-state index in [-0.39, 0.29) is 12.5 Å². The number of hydrogen-bond donors (Lipinski definition) is 0. The number of carbonyl (C=O) groups is 1.